The molecule has 0 saturated heterocycles. The van der Waals surface area contributed by atoms with Crippen LogP contribution in [0, 0.1) is 12.3 Å². The van der Waals surface area contributed by atoms with Gasteiger partial charge in [0.15, 0.2) is 5.58 Å². The molecule has 0 radical (unpaired) electrons. The lowest BCUT2D eigenvalue weighted by Crippen LogP contribution is -2.20. The molecule has 0 spiro atoms. The SMILES string of the molecule is CCC(C)(CC)c1cc(-c2nccc3c2sc2c(C)c(CC(C)(C)C)oc23)cc2ccccc12. The third kappa shape index (κ3) is 3.75. The molecule has 0 aliphatic rings. The van der Waals surface area contributed by atoms with Gasteiger partial charge in [0.25, 0.3) is 0 Å². The van der Waals surface area contributed by atoms with Gasteiger partial charge in [-0.15, -0.1) is 11.3 Å². The quantitative estimate of drug-likeness (QED) is 0.256. The number of aryl methyl sites for hydroxylation is 1. The van der Waals surface area contributed by atoms with Crippen LogP contribution >= 0.6 is 11.3 Å². The third-order valence-corrected chi connectivity index (χ3v) is 8.89. The van der Waals surface area contributed by atoms with E-state index in [0.717, 1.165) is 36.3 Å². The van der Waals surface area contributed by atoms with Gasteiger partial charge in [-0.2, -0.15) is 0 Å². The first-order valence-corrected chi connectivity index (χ1v) is 13.3. The van der Waals surface area contributed by atoms with Crippen molar-refractivity contribution in [2.75, 3.05) is 0 Å². The molecular formula is C31H35NOS. The van der Waals surface area contributed by atoms with E-state index < -0.39 is 0 Å². The van der Waals surface area contributed by atoms with Gasteiger partial charge in [-0.25, -0.2) is 0 Å². The molecule has 3 heteroatoms. The van der Waals surface area contributed by atoms with E-state index in [1.54, 1.807) is 0 Å². The summed E-state index contributed by atoms with van der Waals surface area (Å²) in [5, 5.41) is 3.81. The number of rotatable bonds is 5. The molecule has 0 N–H and O–H groups in total. The lowest BCUT2D eigenvalue weighted by molar-refractivity contribution is 0.369. The summed E-state index contributed by atoms with van der Waals surface area (Å²) in [5.41, 5.74) is 6.31. The maximum Gasteiger partial charge on any atom is 0.153 e. The molecule has 0 bridgehead atoms. The number of pyridine rings is 1. The minimum absolute atomic E-state index is 0.130. The molecule has 0 amide bonds. The lowest BCUT2D eigenvalue weighted by atomic mass is 9.75. The monoisotopic (exact) mass is 469 g/mol. The van der Waals surface area contributed by atoms with E-state index in [2.05, 4.69) is 90.9 Å². The number of hydrogen-bond donors (Lipinski definition) is 0. The van der Waals surface area contributed by atoms with Crippen LogP contribution in [0.5, 0.6) is 0 Å². The molecule has 0 aliphatic carbocycles. The minimum Gasteiger partial charge on any atom is -0.459 e. The van der Waals surface area contributed by atoms with Gasteiger partial charge in [0.2, 0.25) is 0 Å². The van der Waals surface area contributed by atoms with Gasteiger partial charge in [-0.3, -0.25) is 4.98 Å². The fourth-order valence-electron chi connectivity index (χ4n) is 5.11. The Morgan fingerprint density at radius 1 is 0.912 bits per heavy atom. The first-order valence-electron chi connectivity index (χ1n) is 12.5. The summed E-state index contributed by atoms with van der Waals surface area (Å²) >= 11 is 1.83. The average molecular weight is 470 g/mol. The summed E-state index contributed by atoms with van der Waals surface area (Å²) in [7, 11) is 0. The highest BCUT2D eigenvalue weighted by molar-refractivity contribution is 7.26. The summed E-state index contributed by atoms with van der Waals surface area (Å²) in [6.45, 7) is 16.0. The summed E-state index contributed by atoms with van der Waals surface area (Å²) in [6.07, 6.45) is 5.10. The second kappa shape index (κ2) is 8.23. The second-order valence-electron chi connectivity index (χ2n) is 11.2. The molecular weight excluding hydrogens is 434 g/mol. The minimum atomic E-state index is 0.130. The van der Waals surface area contributed by atoms with Gasteiger partial charge in [-0.1, -0.05) is 65.8 Å². The number of thiophene rings is 1. The van der Waals surface area contributed by atoms with Crippen molar-refractivity contribution in [2.45, 2.75) is 73.1 Å². The highest BCUT2D eigenvalue weighted by atomic mass is 32.1. The van der Waals surface area contributed by atoms with E-state index in [-0.39, 0.29) is 10.8 Å². The van der Waals surface area contributed by atoms with Crippen LogP contribution < -0.4 is 0 Å². The van der Waals surface area contributed by atoms with E-state index in [9.17, 15) is 0 Å². The van der Waals surface area contributed by atoms with Crippen LogP contribution in [0.3, 0.4) is 0 Å². The molecule has 0 unspecified atom stereocenters. The molecule has 2 aromatic carbocycles. The molecule has 176 valence electrons. The number of nitrogens with zero attached hydrogens (tertiary/aromatic N) is 1. The largest absolute Gasteiger partial charge is 0.459 e. The smallest absolute Gasteiger partial charge is 0.153 e. The van der Waals surface area contributed by atoms with Gasteiger partial charge in [0, 0.05) is 29.1 Å². The average Bonchev–Trinajstić information content (AvgIpc) is 3.33. The van der Waals surface area contributed by atoms with Gasteiger partial charge in [-0.05, 0) is 65.1 Å². The fraction of sp³-hybridized carbons (Fsp3) is 0.387. The summed E-state index contributed by atoms with van der Waals surface area (Å²) in [6, 6.07) is 15.6. The molecule has 0 fully saturated rings. The topological polar surface area (TPSA) is 26.0 Å². The number of hydrogen-bond acceptors (Lipinski definition) is 3. The Labute approximate surface area is 207 Å². The van der Waals surface area contributed by atoms with Gasteiger partial charge in [0.1, 0.15) is 5.76 Å². The summed E-state index contributed by atoms with van der Waals surface area (Å²) < 4.78 is 8.97. The maximum atomic E-state index is 6.48. The van der Waals surface area contributed by atoms with Crippen LogP contribution in [-0.4, -0.2) is 4.98 Å². The Morgan fingerprint density at radius 2 is 1.65 bits per heavy atom. The van der Waals surface area contributed by atoms with Gasteiger partial charge in [0.05, 0.1) is 15.1 Å². The van der Waals surface area contributed by atoms with Crippen molar-refractivity contribution < 1.29 is 4.42 Å². The predicted molar refractivity (Wildman–Crippen MR) is 148 cm³/mol. The number of benzene rings is 2. The molecule has 0 saturated carbocycles. The Morgan fingerprint density at radius 3 is 2.35 bits per heavy atom. The molecule has 0 aliphatic heterocycles. The first-order chi connectivity index (χ1) is 16.1. The summed E-state index contributed by atoms with van der Waals surface area (Å²) in [5.74, 6) is 1.11. The zero-order chi connectivity index (χ0) is 24.3. The van der Waals surface area contributed by atoms with Crippen LogP contribution in [0.15, 0.2) is 53.1 Å². The molecule has 3 heterocycles. The van der Waals surface area contributed by atoms with Crippen LogP contribution in [0.4, 0.5) is 0 Å². The Kier molecular flexibility index (Phi) is 5.60. The van der Waals surface area contributed by atoms with Crippen LogP contribution in [0.25, 0.3) is 42.4 Å². The van der Waals surface area contributed by atoms with E-state index in [1.807, 2.05) is 17.5 Å². The maximum absolute atomic E-state index is 6.48. The Hall–Kier alpha value is -2.65. The molecule has 5 rings (SSSR count). The van der Waals surface area contributed by atoms with Crippen molar-refractivity contribution in [2.24, 2.45) is 5.41 Å². The first kappa shape index (κ1) is 23.1. The van der Waals surface area contributed by atoms with E-state index >= 15 is 0 Å². The normalized spacial score (nSPS) is 12.9. The molecule has 3 aromatic heterocycles. The van der Waals surface area contributed by atoms with E-state index in [4.69, 9.17) is 9.40 Å². The van der Waals surface area contributed by atoms with Crippen molar-refractivity contribution in [3.8, 4) is 11.3 Å². The van der Waals surface area contributed by atoms with Gasteiger partial charge >= 0.3 is 0 Å². The number of aromatic nitrogens is 1. The van der Waals surface area contributed by atoms with Crippen LogP contribution in [0.1, 0.15) is 71.3 Å². The Bertz CT molecular complexity index is 1510. The molecule has 34 heavy (non-hydrogen) atoms. The number of fused-ring (bicyclic) bond motifs is 4. The molecule has 0 atom stereocenters. The Balaban J connectivity index is 1.75. The second-order valence-corrected chi connectivity index (χ2v) is 12.2. The lowest BCUT2D eigenvalue weighted by Gasteiger charge is -2.29. The van der Waals surface area contributed by atoms with Crippen LogP contribution in [-0.2, 0) is 11.8 Å². The van der Waals surface area contributed by atoms with Crippen molar-refractivity contribution in [3.05, 3.63) is 65.5 Å². The van der Waals surface area contributed by atoms with E-state index in [1.165, 1.54) is 42.2 Å². The van der Waals surface area contributed by atoms with Crippen molar-refractivity contribution >= 4 is 42.5 Å². The highest BCUT2D eigenvalue weighted by Crippen LogP contribution is 2.45. The highest BCUT2D eigenvalue weighted by Gasteiger charge is 2.27. The zero-order valence-electron chi connectivity index (χ0n) is 21.5. The van der Waals surface area contributed by atoms with Crippen molar-refractivity contribution in [1.82, 2.24) is 4.98 Å². The number of furan rings is 1. The third-order valence-electron chi connectivity index (χ3n) is 7.58. The molecule has 2 nitrogen and oxygen atoms in total. The summed E-state index contributed by atoms with van der Waals surface area (Å²) in [4.78, 5) is 4.91. The predicted octanol–water partition coefficient (Wildman–Crippen LogP) is 9.84. The van der Waals surface area contributed by atoms with Crippen LogP contribution in [0.2, 0.25) is 0 Å². The zero-order valence-corrected chi connectivity index (χ0v) is 22.3. The fourth-order valence-corrected chi connectivity index (χ4v) is 6.36. The van der Waals surface area contributed by atoms with Gasteiger partial charge < -0.3 is 4.42 Å². The molecule has 5 aromatic rings. The standard InChI is InChI=1S/C31H35NOS/c1-8-31(7,9-2)24-17-21(16-20-12-10-11-13-22(20)24)26-29-23(14-15-32-26)27-28(34-29)19(3)25(33-27)18-30(4,5)6/h10-17H,8-9,18H2,1-7H3. The van der Waals surface area contributed by atoms with Crippen molar-refractivity contribution in [1.29, 1.82) is 0 Å². The van der Waals surface area contributed by atoms with Crippen molar-refractivity contribution in [3.63, 3.8) is 0 Å². The van der Waals surface area contributed by atoms with E-state index in [0.29, 0.717) is 0 Å².